The number of hydrogen-bond acceptors (Lipinski definition) is 4. The highest BCUT2D eigenvalue weighted by Crippen LogP contribution is 2.29. The highest BCUT2D eigenvalue weighted by molar-refractivity contribution is 7.94. The van der Waals surface area contributed by atoms with Gasteiger partial charge in [0.05, 0.1) is 5.69 Å². The molecule has 0 atom stereocenters. The second-order valence-electron chi connectivity index (χ2n) is 4.21. The number of carboxylic acids is 1. The topological polar surface area (TPSA) is 83.5 Å². The molecule has 0 saturated carbocycles. The Morgan fingerprint density at radius 3 is 2.41 bits per heavy atom. The van der Waals surface area contributed by atoms with Crippen molar-refractivity contribution in [2.24, 2.45) is 0 Å². The Balaban J connectivity index is 2.42. The summed E-state index contributed by atoms with van der Waals surface area (Å²) in [6, 6.07) is 2.39. The third-order valence-corrected chi connectivity index (χ3v) is 5.70. The summed E-state index contributed by atoms with van der Waals surface area (Å²) < 4.78 is 64.9. The Kier molecular flexibility index (Phi) is 4.16. The van der Waals surface area contributed by atoms with Gasteiger partial charge in [0.2, 0.25) is 0 Å². The molecule has 5 nitrogen and oxygen atoms in total. The van der Waals surface area contributed by atoms with Gasteiger partial charge in [-0.05, 0) is 30.7 Å². The van der Waals surface area contributed by atoms with E-state index in [0.29, 0.717) is 17.4 Å². The number of halogens is 3. The lowest BCUT2D eigenvalue weighted by Crippen LogP contribution is -2.13. The molecular weight excluding hydrogens is 343 g/mol. The zero-order valence-corrected chi connectivity index (χ0v) is 12.5. The van der Waals surface area contributed by atoms with Crippen LogP contribution in [0, 0.1) is 24.4 Å². The molecule has 0 radical (unpaired) electrons. The Morgan fingerprint density at radius 2 is 1.86 bits per heavy atom. The Bertz CT molecular complexity index is 861. The zero-order valence-electron chi connectivity index (χ0n) is 10.9. The van der Waals surface area contributed by atoms with E-state index in [1.165, 1.54) is 6.92 Å². The van der Waals surface area contributed by atoms with Crippen molar-refractivity contribution in [2.75, 3.05) is 4.72 Å². The lowest BCUT2D eigenvalue weighted by Gasteiger charge is -2.08. The SMILES string of the molecule is Cc1cc(S(=O)(=O)Nc2ccc(F)c(F)c2F)sc1C(=O)O. The number of thiophene rings is 1. The van der Waals surface area contributed by atoms with Crippen LogP contribution in [0.15, 0.2) is 22.4 Å². The average molecular weight is 351 g/mol. The Hall–Kier alpha value is -2.07. The lowest BCUT2D eigenvalue weighted by molar-refractivity contribution is 0.0701. The van der Waals surface area contributed by atoms with Gasteiger partial charge in [0.15, 0.2) is 17.5 Å². The molecule has 2 rings (SSSR count). The van der Waals surface area contributed by atoms with E-state index in [0.717, 1.165) is 12.1 Å². The van der Waals surface area contributed by atoms with Crippen molar-refractivity contribution in [2.45, 2.75) is 11.1 Å². The van der Waals surface area contributed by atoms with Gasteiger partial charge in [-0.25, -0.2) is 26.4 Å². The van der Waals surface area contributed by atoms with Crippen LogP contribution in [0.4, 0.5) is 18.9 Å². The summed E-state index contributed by atoms with van der Waals surface area (Å²) in [7, 11) is -4.32. The maximum Gasteiger partial charge on any atom is 0.346 e. The molecule has 0 bridgehead atoms. The molecule has 2 N–H and O–H groups in total. The summed E-state index contributed by atoms with van der Waals surface area (Å²) >= 11 is 0.467. The summed E-state index contributed by atoms with van der Waals surface area (Å²) in [5.74, 6) is -6.26. The number of nitrogens with one attached hydrogen (secondary N) is 1. The minimum absolute atomic E-state index is 0.189. The fourth-order valence-corrected chi connectivity index (χ4v) is 4.04. The third kappa shape index (κ3) is 2.92. The van der Waals surface area contributed by atoms with Gasteiger partial charge in [-0.2, -0.15) is 0 Å². The third-order valence-electron chi connectivity index (χ3n) is 2.63. The Morgan fingerprint density at radius 1 is 1.23 bits per heavy atom. The van der Waals surface area contributed by atoms with Crippen molar-refractivity contribution >= 4 is 33.0 Å². The van der Waals surface area contributed by atoms with Gasteiger partial charge in [-0.15, -0.1) is 11.3 Å². The number of hydrogen-bond donors (Lipinski definition) is 2. The number of carboxylic acid groups (broad SMARTS) is 1. The predicted octanol–water partition coefficient (Wildman–Crippen LogP) is 2.97. The largest absolute Gasteiger partial charge is 0.477 e. The molecule has 0 spiro atoms. The Labute approximate surface area is 127 Å². The van der Waals surface area contributed by atoms with Crippen LogP contribution in [-0.2, 0) is 10.0 Å². The maximum atomic E-state index is 13.5. The molecule has 0 aliphatic carbocycles. The van der Waals surface area contributed by atoms with E-state index in [9.17, 15) is 26.4 Å². The summed E-state index contributed by atoms with van der Waals surface area (Å²) in [4.78, 5) is 10.7. The number of sulfonamides is 1. The molecule has 0 fully saturated rings. The average Bonchev–Trinajstić information content (AvgIpc) is 2.82. The lowest BCUT2D eigenvalue weighted by atomic mass is 10.3. The zero-order chi connectivity index (χ0) is 16.7. The van der Waals surface area contributed by atoms with E-state index in [4.69, 9.17) is 5.11 Å². The van der Waals surface area contributed by atoms with Crippen molar-refractivity contribution in [3.05, 3.63) is 46.1 Å². The quantitative estimate of drug-likeness (QED) is 0.830. The van der Waals surface area contributed by atoms with Crippen molar-refractivity contribution in [1.29, 1.82) is 0 Å². The van der Waals surface area contributed by atoms with Gasteiger partial charge in [0, 0.05) is 0 Å². The first-order valence-electron chi connectivity index (χ1n) is 5.63. The van der Waals surface area contributed by atoms with Crippen LogP contribution in [0.2, 0.25) is 0 Å². The molecule has 1 heterocycles. The highest BCUT2D eigenvalue weighted by atomic mass is 32.2. The first-order valence-corrected chi connectivity index (χ1v) is 7.93. The van der Waals surface area contributed by atoms with Gasteiger partial charge < -0.3 is 5.11 Å². The highest BCUT2D eigenvalue weighted by Gasteiger charge is 2.24. The molecule has 1 aromatic heterocycles. The van der Waals surface area contributed by atoms with Crippen LogP contribution in [0.3, 0.4) is 0 Å². The molecule has 2 aromatic rings. The van der Waals surface area contributed by atoms with E-state index in [-0.39, 0.29) is 14.6 Å². The minimum atomic E-state index is -4.32. The number of rotatable bonds is 4. The number of benzene rings is 1. The van der Waals surface area contributed by atoms with Crippen molar-refractivity contribution in [3.8, 4) is 0 Å². The normalized spacial score (nSPS) is 11.5. The van der Waals surface area contributed by atoms with Gasteiger partial charge in [0.25, 0.3) is 10.0 Å². The van der Waals surface area contributed by atoms with Crippen molar-refractivity contribution in [3.63, 3.8) is 0 Å². The van der Waals surface area contributed by atoms with E-state index >= 15 is 0 Å². The first kappa shape index (κ1) is 16.3. The molecule has 0 saturated heterocycles. The number of aryl methyl sites for hydroxylation is 1. The van der Waals surface area contributed by atoms with Gasteiger partial charge in [0.1, 0.15) is 9.09 Å². The van der Waals surface area contributed by atoms with Gasteiger partial charge in [-0.3, -0.25) is 4.72 Å². The summed E-state index contributed by atoms with van der Waals surface area (Å²) in [6.07, 6.45) is 0. The van der Waals surface area contributed by atoms with Crippen LogP contribution in [0.5, 0.6) is 0 Å². The molecule has 22 heavy (non-hydrogen) atoms. The van der Waals surface area contributed by atoms with E-state index in [2.05, 4.69) is 0 Å². The molecule has 0 aliphatic heterocycles. The van der Waals surface area contributed by atoms with Crippen LogP contribution in [0.1, 0.15) is 15.2 Å². The standard InChI is InChI=1S/C12H8F3NO4S2/c1-5-4-8(21-11(5)12(17)18)22(19,20)16-7-3-2-6(13)9(14)10(7)15/h2-4,16H,1H3,(H,17,18). The molecular formula is C12H8F3NO4S2. The van der Waals surface area contributed by atoms with Crippen LogP contribution in [0.25, 0.3) is 0 Å². The molecule has 0 amide bonds. The molecule has 0 unspecified atom stereocenters. The van der Waals surface area contributed by atoms with Gasteiger partial charge in [-0.1, -0.05) is 0 Å². The van der Waals surface area contributed by atoms with Gasteiger partial charge >= 0.3 is 5.97 Å². The number of aromatic carboxylic acids is 1. The summed E-state index contributed by atoms with van der Waals surface area (Å²) in [5, 5.41) is 8.89. The summed E-state index contributed by atoms with van der Waals surface area (Å²) in [6.45, 7) is 1.40. The fraction of sp³-hybridized carbons (Fsp3) is 0.0833. The fourth-order valence-electron chi connectivity index (χ4n) is 1.60. The van der Waals surface area contributed by atoms with Crippen LogP contribution >= 0.6 is 11.3 Å². The van der Waals surface area contributed by atoms with Crippen LogP contribution in [-0.4, -0.2) is 19.5 Å². The maximum absolute atomic E-state index is 13.5. The van der Waals surface area contributed by atoms with Crippen molar-refractivity contribution < 1.29 is 31.5 Å². The van der Waals surface area contributed by atoms with E-state index in [1.807, 2.05) is 0 Å². The predicted molar refractivity (Wildman–Crippen MR) is 73.1 cm³/mol. The second kappa shape index (κ2) is 5.61. The monoisotopic (exact) mass is 351 g/mol. The van der Waals surface area contributed by atoms with Crippen molar-refractivity contribution in [1.82, 2.24) is 0 Å². The summed E-state index contributed by atoms with van der Waals surface area (Å²) in [5.41, 5.74) is -0.564. The second-order valence-corrected chi connectivity index (χ2v) is 7.17. The molecule has 10 heteroatoms. The first-order chi connectivity index (χ1) is 10.1. The molecule has 1 aromatic carbocycles. The number of carbonyl (C=O) groups is 1. The van der Waals surface area contributed by atoms with E-state index < -0.39 is 39.1 Å². The molecule has 118 valence electrons. The number of anilines is 1. The molecule has 0 aliphatic rings. The smallest absolute Gasteiger partial charge is 0.346 e. The minimum Gasteiger partial charge on any atom is -0.477 e. The van der Waals surface area contributed by atoms with E-state index in [1.54, 1.807) is 4.72 Å². The van der Waals surface area contributed by atoms with Crippen LogP contribution < -0.4 is 4.72 Å².